The van der Waals surface area contributed by atoms with E-state index in [9.17, 15) is 4.79 Å². The number of aromatic nitrogens is 3. The molecule has 20 heavy (non-hydrogen) atoms. The van der Waals surface area contributed by atoms with Crippen molar-refractivity contribution in [1.29, 1.82) is 0 Å². The van der Waals surface area contributed by atoms with E-state index in [1.54, 1.807) is 6.20 Å². The Hall–Kier alpha value is -2.09. The second-order valence-electron chi connectivity index (χ2n) is 4.14. The van der Waals surface area contributed by atoms with Gasteiger partial charge in [0.2, 0.25) is 0 Å². The standard InChI is InChI=1S/C12H18N6OS/c1-2-14-12-17-10(13)9(20-12)11(19)15-5-3-7-18-8-4-6-16-18/h4,6,8H,2-3,5,7,13H2,1H3,(H,14,17)(H,15,19). The molecule has 0 saturated heterocycles. The lowest BCUT2D eigenvalue weighted by Gasteiger charge is -2.04. The molecule has 2 heterocycles. The minimum Gasteiger partial charge on any atom is -0.382 e. The number of nitrogens with zero attached hydrogens (tertiary/aromatic N) is 3. The van der Waals surface area contributed by atoms with Crippen molar-refractivity contribution >= 4 is 28.2 Å². The second kappa shape index (κ2) is 6.90. The first-order valence-corrected chi connectivity index (χ1v) is 7.28. The lowest BCUT2D eigenvalue weighted by Crippen LogP contribution is -2.25. The molecular weight excluding hydrogens is 276 g/mol. The predicted molar refractivity (Wildman–Crippen MR) is 79.9 cm³/mol. The normalized spacial score (nSPS) is 10.4. The average Bonchev–Trinajstić information content (AvgIpc) is 3.05. The summed E-state index contributed by atoms with van der Waals surface area (Å²) in [5.74, 6) is 0.0974. The zero-order chi connectivity index (χ0) is 14.4. The number of carbonyl (C=O) groups excluding carboxylic acids is 1. The van der Waals surface area contributed by atoms with E-state index in [1.807, 2.05) is 23.9 Å². The summed E-state index contributed by atoms with van der Waals surface area (Å²) in [5.41, 5.74) is 5.74. The van der Waals surface area contributed by atoms with Gasteiger partial charge in [-0.05, 0) is 19.4 Å². The first-order valence-electron chi connectivity index (χ1n) is 6.46. The molecule has 2 rings (SSSR count). The summed E-state index contributed by atoms with van der Waals surface area (Å²) in [6.45, 7) is 4.06. The van der Waals surface area contributed by atoms with E-state index in [4.69, 9.17) is 5.73 Å². The number of rotatable bonds is 7. The van der Waals surface area contributed by atoms with Crippen molar-refractivity contribution in [2.75, 3.05) is 24.1 Å². The first kappa shape index (κ1) is 14.3. The van der Waals surface area contributed by atoms with Crippen LogP contribution in [0.4, 0.5) is 10.9 Å². The van der Waals surface area contributed by atoms with Crippen LogP contribution in [0.5, 0.6) is 0 Å². The van der Waals surface area contributed by atoms with Gasteiger partial charge in [-0.2, -0.15) is 5.10 Å². The lowest BCUT2D eigenvalue weighted by molar-refractivity contribution is 0.0957. The number of nitrogens with two attached hydrogens (primary N) is 1. The highest BCUT2D eigenvalue weighted by atomic mass is 32.1. The Labute approximate surface area is 121 Å². The van der Waals surface area contributed by atoms with Crippen molar-refractivity contribution in [3.63, 3.8) is 0 Å². The number of nitrogen functional groups attached to an aromatic ring is 1. The minimum atomic E-state index is -0.176. The SMILES string of the molecule is CCNc1nc(N)c(C(=O)NCCCn2cccn2)s1. The van der Waals surface area contributed by atoms with Gasteiger partial charge in [0.15, 0.2) is 5.13 Å². The minimum absolute atomic E-state index is 0.176. The zero-order valence-electron chi connectivity index (χ0n) is 11.3. The summed E-state index contributed by atoms with van der Waals surface area (Å²) in [4.78, 5) is 16.5. The summed E-state index contributed by atoms with van der Waals surface area (Å²) in [7, 11) is 0. The van der Waals surface area contributed by atoms with Gasteiger partial charge in [0.05, 0.1) is 0 Å². The molecule has 0 aliphatic heterocycles. The number of amides is 1. The van der Waals surface area contributed by atoms with Gasteiger partial charge in [0, 0.05) is 32.0 Å². The highest BCUT2D eigenvalue weighted by Crippen LogP contribution is 2.24. The quantitative estimate of drug-likeness (QED) is 0.666. The number of aryl methyl sites for hydroxylation is 1. The van der Waals surface area contributed by atoms with Crippen molar-refractivity contribution in [3.05, 3.63) is 23.3 Å². The molecule has 0 atom stereocenters. The Morgan fingerprint density at radius 2 is 2.40 bits per heavy atom. The summed E-state index contributed by atoms with van der Waals surface area (Å²) < 4.78 is 1.83. The molecule has 0 aliphatic carbocycles. The highest BCUT2D eigenvalue weighted by Gasteiger charge is 2.15. The Morgan fingerprint density at radius 1 is 1.55 bits per heavy atom. The van der Waals surface area contributed by atoms with Crippen LogP contribution in [0.15, 0.2) is 18.5 Å². The molecule has 0 radical (unpaired) electrons. The molecule has 4 N–H and O–H groups in total. The fourth-order valence-electron chi connectivity index (χ4n) is 1.68. The summed E-state index contributed by atoms with van der Waals surface area (Å²) >= 11 is 1.27. The Bertz CT molecular complexity index is 550. The zero-order valence-corrected chi connectivity index (χ0v) is 12.1. The molecule has 0 aromatic carbocycles. The summed E-state index contributed by atoms with van der Waals surface area (Å²) in [6, 6.07) is 1.87. The smallest absolute Gasteiger partial charge is 0.265 e. The Morgan fingerprint density at radius 3 is 3.10 bits per heavy atom. The molecule has 2 aromatic heterocycles. The van der Waals surface area contributed by atoms with Crippen molar-refractivity contribution in [2.45, 2.75) is 19.9 Å². The number of hydrogen-bond donors (Lipinski definition) is 3. The van der Waals surface area contributed by atoms with E-state index in [0.29, 0.717) is 16.6 Å². The van der Waals surface area contributed by atoms with Crippen LogP contribution in [0, 0.1) is 0 Å². The molecule has 0 spiro atoms. The lowest BCUT2D eigenvalue weighted by atomic mass is 10.4. The molecule has 108 valence electrons. The van der Waals surface area contributed by atoms with E-state index >= 15 is 0 Å². The van der Waals surface area contributed by atoms with E-state index < -0.39 is 0 Å². The third kappa shape index (κ3) is 3.70. The van der Waals surface area contributed by atoms with Crippen LogP contribution in [0.3, 0.4) is 0 Å². The van der Waals surface area contributed by atoms with Crippen LogP contribution in [-0.4, -0.2) is 33.8 Å². The van der Waals surface area contributed by atoms with Gasteiger partial charge in [-0.25, -0.2) is 4.98 Å². The fraction of sp³-hybridized carbons (Fsp3) is 0.417. The summed E-state index contributed by atoms with van der Waals surface area (Å²) in [5, 5.41) is 10.7. The maximum atomic E-state index is 12.0. The number of anilines is 2. The molecule has 0 fully saturated rings. The Kier molecular flexibility index (Phi) is 4.94. The van der Waals surface area contributed by atoms with Crippen molar-refractivity contribution in [1.82, 2.24) is 20.1 Å². The van der Waals surface area contributed by atoms with Crippen molar-refractivity contribution in [3.8, 4) is 0 Å². The maximum Gasteiger partial charge on any atom is 0.265 e. The van der Waals surface area contributed by atoms with E-state index in [2.05, 4.69) is 20.7 Å². The molecule has 0 unspecified atom stereocenters. The van der Waals surface area contributed by atoms with Gasteiger partial charge in [-0.3, -0.25) is 9.48 Å². The summed E-state index contributed by atoms with van der Waals surface area (Å²) in [6.07, 6.45) is 4.44. The molecule has 1 amide bonds. The van der Waals surface area contributed by atoms with Crippen LogP contribution in [-0.2, 0) is 6.54 Å². The predicted octanol–water partition coefficient (Wildman–Crippen LogP) is 1.17. The highest BCUT2D eigenvalue weighted by molar-refractivity contribution is 7.18. The number of nitrogens with one attached hydrogen (secondary N) is 2. The molecule has 7 nitrogen and oxygen atoms in total. The number of carbonyl (C=O) groups is 1. The first-order chi connectivity index (χ1) is 9.70. The van der Waals surface area contributed by atoms with Crippen molar-refractivity contribution < 1.29 is 4.79 Å². The van der Waals surface area contributed by atoms with Crippen LogP contribution < -0.4 is 16.4 Å². The molecule has 2 aromatic rings. The maximum absolute atomic E-state index is 12.0. The average molecular weight is 294 g/mol. The largest absolute Gasteiger partial charge is 0.382 e. The molecule has 0 saturated carbocycles. The number of thiazole rings is 1. The third-order valence-corrected chi connectivity index (χ3v) is 3.62. The van der Waals surface area contributed by atoms with Gasteiger partial charge in [0.25, 0.3) is 5.91 Å². The topological polar surface area (TPSA) is 97.9 Å². The van der Waals surface area contributed by atoms with Crippen LogP contribution in [0.25, 0.3) is 0 Å². The van der Waals surface area contributed by atoms with E-state index in [-0.39, 0.29) is 11.7 Å². The monoisotopic (exact) mass is 294 g/mol. The van der Waals surface area contributed by atoms with Crippen molar-refractivity contribution in [2.24, 2.45) is 0 Å². The van der Waals surface area contributed by atoms with E-state index in [1.165, 1.54) is 11.3 Å². The molecule has 0 bridgehead atoms. The van der Waals surface area contributed by atoms with Crippen LogP contribution in [0.1, 0.15) is 23.0 Å². The van der Waals surface area contributed by atoms with E-state index in [0.717, 1.165) is 19.5 Å². The van der Waals surface area contributed by atoms with Crippen LogP contribution in [0.2, 0.25) is 0 Å². The van der Waals surface area contributed by atoms with Gasteiger partial charge in [-0.15, -0.1) is 0 Å². The van der Waals surface area contributed by atoms with Gasteiger partial charge < -0.3 is 16.4 Å². The Balaban J connectivity index is 1.79. The second-order valence-corrected chi connectivity index (χ2v) is 5.14. The van der Waals surface area contributed by atoms with Gasteiger partial charge in [0.1, 0.15) is 10.7 Å². The van der Waals surface area contributed by atoms with Gasteiger partial charge in [-0.1, -0.05) is 11.3 Å². The van der Waals surface area contributed by atoms with Crippen LogP contribution >= 0.6 is 11.3 Å². The molecule has 8 heteroatoms. The third-order valence-electron chi connectivity index (χ3n) is 2.60. The fourth-order valence-corrected chi connectivity index (χ4v) is 2.55. The molecule has 0 aliphatic rings. The number of hydrogen-bond acceptors (Lipinski definition) is 6. The molecular formula is C12H18N6OS. The van der Waals surface area contributed by atoms with Gasteiger partial charge >= 0.3 is 0 Å².